The van der Waals surface area contributed by atoms with Crippen LogP contribution < -0.4 is 0 Å². The fraction of sp³-hybridized carbons (Fsp3) is 0.286. The van der Waals surface area contributed by atoms with Gasteiger partial charge in [0.05, 0.1) is 11.1 Å². The summed E-state index contributed by atoms with van der Waals surface area (Å²) in [6.07, 6.45) is 1.53. The second-order valence-corrected chi connectivity index (χ2v) is 4.37. The molecule has 1 N–H and O–H groups in total. The Bertz CT molecular complexity index is 653. The minimum absolute atomic E-state index is 0.253. The van der Waals surface area contributed by atoms with Crippen molar-refractivity contribution in [1.29, 1.82) is 0 Å². The van der Waals surface area contributed by atoms with E-state index in [1.165, 1.54) is 0 Å². The Labute approximate surface area is 105 Å². The SMILES string of the molecule is CCc1cc(C(=O)O)c2c(c1)c(C=O)c(C)n2C. The molecule has 18 heavy (non-hydrogen) atoms. The van der Waals surface area contributed by atoms with E-state index in [4.69, 9.17) is 0 Å². The minimum atomic E-state index is -0.964. The summed E-state index contributed by atoms with van der Waals surface area (Å²) in [5, 5.41) is 10.0. The van der Waals surface area contributed by atoms with Crippen molar-refractivity contribution in [2.45, 2.75) is 20.3 Å². The van der Waals surface area contributed by atoms with Crippen LogP contribution >= 0.6 is 0 Å². The highest BCUT2D eigenvalue weighted by molar-refractivity contribution is 6.08. The predicted octanol–water partition coefficient (Wildman–Crippen LogP) is 2.56. The van der Waals surface area contributed by atoms with Gasteiger partial charge in [-0.3, -0.25) is 4.79 Å². The lowest BCUT2D eigenvalue weighted by Gasteiger charge is -2.05. The van der Waals surface area contributed by atoms with Crippen molar-refractivity contribution < 1.29 is 14.7 Å². The van der Waals surface area contributed by atoms with E-state index >= 15 is 0 Å². The molecule has 94 valence electrons. The van der Waals surface area contributed by atoms with Gasteiger partial charge in [-0.1, -0.05) is 6.92 Å². The lowest BCUT2D eigenvalue weighted by atomic mass is 10.0. The Morgan fingerprint density at radius 3 is 2.61 bits per heavy atom. The number of aldehydes is 1. The average Bonchev–Trinajstić information content (AvgIpc) is 2.60. The van der Waals surface area contributed by atoms with Crippen molar-refractivity contribution in [3.63, 3.8) is 0 Å². The van der Waals surface area contributed by atoms with Crippen LogP contribution in [0.25, 0.3) is 10.9 Å². The fourth-order valence-electron chi connectivity index (χ4n) is 2.32. The van der Waals surface area contributed by atoms with Crippen molar-refractivity contribution in [2.75, 3.05) is 0 Å². The van der Waals surface area contributed by atoms with Crippen LogP contribution in [0, 0.1) is 6.92 Å². The van der Waals surface area contributed by atoms with Crippen LogP contribution in [0.4, 0.5) is 0 Å². The molecular weight excluding hydrogens is 230 g/mol. The summed E-state index contributed by atoms with van der Waals surface area (Å²) in [6.45, 7) is 3.78. The molecule has 0 unspecified atom stereocenters. The van der Waals surface area contributed by atoms with Crippen LogP contribution in [0.3, 0.4) is 0 Å². The number of carboxylic acids is 1. The van der Waals surface area contributed by atoms with Gasteiger partial charge >= 0.3 is 5.97 Å². The number of carbonyl (C=O) groups is 2. The molecule has 0 radical (unpaired) electrons. The van der Waals surface area contributed by atoms with Crippen molar-refractivity contribution in [3.8, 4) is 0 Å². The largest absolute Gasteiger partial charge is 0.478 e. The zero-order chi connectivity index (χ0) is 13.4. The topological polar surface area (TPSA) is 59.3 Å². The molecule has 4 nitrogen and oxygen atoms in total. The highest BCUT2D eigenvalue weighted by Gasteiger charge is 2.18. The first-order valence-corrected chi connectivity index (χ1v) is 5.81. The number of carboxylic acid groups (broad SMARTS) is 1. The molecule has 0 bridgehead atoms. The Morgan fingerprint density at radius 1 is 1.44 bits per heavy atom. The molecule has 0 amide bonds. The summed E-state index contributed by atoms with van der Waals surface area (Å²) in [6, 6.07) is 3.58. The normalized spacial score (nSPS) is 10.8. The number of carbonyl (C=O) groups excluding carboxylic acids is 1. The predicted molar refractivity (Wildman–Crippen MR) is 69.4 cm³/mol. The average molecular weight is 245 g/mol. The van der Waals surface area contributed by atoms with Crippen LogP contribution in [0.5, 0.6) is 0 Å². The number of rotatable bonds is 3. The number of hydrogen-bond donors (Lipinski definition) is 1. The number of aryl methyl sites for hydroxylation is 2. The Balaban J connectivity index is 3.00. The molecule has 0 spiro atoms. The Morgan fingerprint density at radius 2 is 2.11 bits per heavy atom. The van der Waals surface area contributed by atoms with E-state index in [0.29, 0.717) is 11.1 Å². The molecule has 1 aromatic carbocycles. The summed E-state index contributed by atoms with van der Waals surface area (Å²) >= 11 is 0. The molecule has 1 heterocycles. The summed E-state index contributed by atoms with van der Waals surface area (Å²) in [4.78, 5) is 22.5. The molecule has 0 saturated carbocycles. The van der Waals surface area contributed by atoms with Gasteiger partial charge in [-0.2, -0.15) is 0 Å². The first-order chi connectivity index (χ1) is 8.51. The van der Waals surface area contributed by atoms with Gasteiger partial charge in [0.15, 0.2) is 6.29 Å². The quantitative estimate of drug-likeness (QED) is 0.845. The molecule has 0 aliphatic rings. The standard InChI is InChI=1S/C14H15NO3/c1-4-9-5-10-12(7-16)8(2)15(3)13(10)11(6-9)14(17)18/h5-7H,4H2,1-3H3,(H,17,18). The van der Waals surface area contributed by atoms with E-state index < -0.39 is 5.97 Å². The van der Waals surface area contributed by atoms with E-state index in [9.17, 15) is 14.7 Å². The first-order valence-electron chi connectivity index (χ1n) is 5.81. The van der Waals surface area contributed by atoms with Gasteiger partial charge in [-0.15, -0.1) is 0 Å². The number of aromatic nitrogens is 1. The van der Waals surface area contributed by atoms with E-state index in [1.807, 2.05) is 19.9 Å². The molecule has 2 rings (SSSR count). The van der Waals surface area contributed by atoms with Gasteiger partial charge in [0.25, 0.3) is 0 Å². The van der Waals surface area contributed by atoms with Gasteiger partial charge in [-0.05, 0) is 31.0 Å². The maximum atomic E-state index is 11.3. The molecule has 0 aliphatic heterocycles. The van der Waals surface area contributed by atoms with E-state index in [2.05, 4.69) is 0 Å². The zero-order valence-electron chi connectivity index (χ0n) is 10.7. The minimum Gasteiger partial charge on any atom is -0.478 e. The van der Waals surface area contributed by atoms with Crippen molar-refractivity contribution in [1.82, 2.24) is 4.57 Å². The Hall–Kier alpha value is -2.10. The number of fused-ring (bicyclic) bond motifs is 1. The smallest absolute Gasteiger partial charge is 0.337 e. The van der Waals surface area contributed by atoms with Crippen LogP contribution in [-0.4, -0.2) is 21.9 Å². The molecular formula is C14H15NO3. The maximum Gasteiger partial charge on any atom is 0.337 e. The number of benzene rings is 1. The molecule has 4 heteroatoms. The third-order valence-corrected chi connectivity index (χ3v) is 3.44. The second-order valence-electron chi connectivity index (χ2n) is 4.37. The number of aromatic carboxylic acids is 1. The first kappa shape index (κ1) is 12.4. The molecule has 2 aromatic rings. The highest BCUT2D eigenvalue weighted by Crippen LogP contribution is 2.28. The van der Waals surface area contributed by atoms with Crippen LogP contribution in [0.2, 0.25) is 0 Å². The highest BCUT2D eigenvalue weighted by atomic mass is 16.4. The van der Waals surface area contributed by atoms with E-state index in [1.54, 1.807) is 17.7 Å². The molecule has 0 aliphatic carbocycles. The summed E-state index contributed by atoms with van der Waals surface area (Å²) in [5.74, 6) is -0.964. The Kier molecular flexibility index (Phi) is 2.95. The zero-order valence-corrected chi connectivity index (χ0v) is 10.7. The molecule has 0 fully saturated rings. The van der Waals surface area contributed by atoms with Gasteiger partial charge in [0, 0.05) is 23.7 Å². The van der Waals surface area contributed by atoms with E-state index in [-0.39, 0.29) is 5.56 Å². The van der Waals surface area contributed by atoms with Gasteiger partial charge in [-0.25, -0.2) is 4.79 Å². The van der Waals surface area contributed by atoms with Crippen molar-refractivity contribution >= 4 is 23.2 Å². The van der Waals surface area contributed by atoms with Crippen molar-refractivity contribution in [2.24, 2.45) is 7.05 Å². The van der Waals surface area contributed by atoms with Gasteiger partial charge in [0.1, 0.15) is 0 Å². The van der Waals surface area contributed by atoms with Crippen molar-refractivity contribution in [3.05, 3.63) is 34.5 Å². The number of hydrogen-bond acceptors (Lipinski definition) is 2. The van der Waals surface area contributed by atoms with Crippen LogP contribution in [0.1, 0.15) is 38.9 Å². The summed E-state index contributed by atoms with van der Waals surface area (Å²) < 4.78 is 1.77. The third kappa shape index (κ3) is 1.61. The van der Waals surface area contributed by atoms with Gasteiger partial charge < -0.3 is 9.67 Å². The molecule has 0 atom stereocenters. The monoisotopic (exact) mass is 245 g/mol. The second kappa shape index (κ2) is 4.29. The third-order valence-electron chi connectivity index (χ3n) is 3.44. The van der Waals surface area contributed by atoms with Crippen LogP contribution in [0.15, 0.2) is 12.1 Å². The molecule has 1 aromatic heterocycles. The van der Waals surface area contributed by atoms with Crippen LogP contribution in [-0.2, 0) is 13.5 Å². The number of nitrogens with zero attached hydrogens (tertiary/aromatic N) is 1. The molecule has 0 saturated heterocycles. The summed E-state index contributed by atoms with van der Waals surface area (Å²) in [7, 11) is 1.78. The lowest BCUT2D eigenvalue weighted by molar-refractivity contribution is 0.0698. The van der Waals surface area contributed by atoms with Gasteiger partial charge in [0.2, 0.25) is 0 Å². The van der Waals surface area contributed by atoms with E-state index in [0.717, 1.165) is 29.4 Å². The summed E-state index contributed by atoms with van der Waals surface area (Å²) in [5.41, 5.74) is 3.15. The maximum absolute atomic E-state index is 11.3. The fourth-order valence-corrected chi connectivity index (χ4v) is 2.32. The lowest BCUT2D eigenvalue weighted by Crippen LogP contribution is -2.02.